The average Bonchev–Trinajstić information content (AvgIpc) is 2.24. The maximum atomic E-state index is 11.6. The molecule has 0 aliphatic carbocycles. The summed E-state index contributed by atoms with van der Waals surface area (Å²) in [6.07, 6.45) is 0.788. The van der Waals surface area contributed by atoms with Crippen LogP contribution in [0.25, 0.3) is 0 Å². The summed E-state index contributed by atoms with van der Waals surface area (Å²) in [6.45, 7) is 3.45. The average molecular weight is 247 g/mol. The van der Waals surface area contributed by atoms with E-state index in [0.717, 1.165) is 10.7 Å². The summed E-state index contributed by atoms with van der Waals surface area (Å²) in [5.41, 5.74) is 0. The van der Waals surface area contributed by atoms with Crippen LogP contribution in [0, 0.1) is 11.3 Å². The van der Waals surface area contributed by atoms with Gasteiger partial charge in [-0.25, -0.2) is 8.42 Å². The largest absolute Gasteiger partial charge is 0.355 e. The summed E-state index contributed by atoms with van der Waals surface area (Å²) in [6, 6.07) is 1.64. The molecule has 0 aliphatic heterocycles. The van der Waals surface area contributed by atoms with Crippen molar-refractivity contribution in [2.24, 2.45) is 0 Å². The number of hydrogen-bond acceptors (Lipinski definition) is 4. The second-order valence-electron chi connectivity index (χ2n) is 3.42. The van der Waals surface area contributed by atoms with Crippen molar-refractivity contribution in [1.82, 2.24) is 9.62 Å². The Morgan fingerprint density at radius 1 is 1.56 bits per heavy atom. The first-order valence-corrected chi connectivity index (χ1v) is 6.48. The van der Waals surface area contributed by atoms with Gasteiger partial charge in [-0.05, 0) is 13.3 Å². The number of sulfonamides is 1. The van der Waals surface area contributed by atoms with Crippen LogP contribution in [0.5, 0.6) is 0 Å². The van der Waals surface area contributed by atoms with Gasteiger partial charge in [0.2, 0.25) is 15.9 Å². The third-order valence-electron chi connectivity index (χ3n) is 2.00. The Balaban J connectivity index is 4.42. The molecule has 0 aromatic heterocycles. The summed E-state index contributed by atoms with van der Waals surface area (Å²) in [4.78, 5) is 11.3. The van der Waals surface area contributed by atoms with E-state index in [1.165, 1.54) is 14.0 Å². The molecule has 16 heavy (non-hydrogen) atoms. The van der Waals surface area contributed by atoms with Gasteiger partial charge in [0.15, 0.2) is 5.25 Å². The van der Waals surface area contributed by atoms with Gasteiger partial charge in [0, 0.05) is 13.6 Å². The topological polar surface area (TPSA) is 90.3 Å². The molecule has 0 rings (SSSR count). The second kappa shape index (κ2) is 6.45. The molecule has 1 N–H and O–H groups in total. The molecule has 0 saturated heterocycles. The molecule has 0 aromatic carbocycles. The first-order valence-electron chi connectivity index (χ1n) is 4.97. The number of nitrogens with one attached hydrogen (secondary N) is 1. The van der Waals surface area contributed by atoms with E-state index in [1.807, 2.05) is 6.92 Å². The lowest BCUT2D eigenvalue weighted by atomic mass is 10.4. The van der Waals surface area contributed by atoms with Crippen molar-refractivity contribution in [2.75, 3.05) is 20.1 Å². The van der Waals surface area contributed by atoms with Gasteiger partial charge >= 0.3 is 0 Å². The standard InChI is InChI=1S/C9H17N3O3S/c1-4-5-11-9(13)7-12(3)16(14,15)8(2)6-10/h8H,4-5,7H2,1-3H3,(H,11,13). The molecule has 0 bridgehead atoms. The van der Waals surface area contributed by atoms with Crippen LogP contribution < -0.4 is 5.32 Å². The van der Waals surface area contributed by atoms with Crippen LogP contribution in [0.4, 0.5) is 0 Å². The van der Waals surface area contributed by atoms with Crippen molar-refractivity contribution < 1.29 is 13.2 Å². The van der Waals surface area contributed by atoms with Crippen LogP contribution in [0.15, 0.2) is 0 Å². The number of likely N-dealkylation sites (N-methyl/N-ethyl adjacent to an activating group) is 1. The Bertz CT molecular complexity index is 372. The summed E-state index contributed by atoms with van der Waals surface area (Å²) in [5.74, 6) is -0.363. The van der Waals surface area contributed by atoms with Crippen molar-refractivity contribution in [2.45, 2.75) is 25.5 Å². The predicted molar refractivity (Wildman–Crippen MR) is 59.9 cm³/mol. The minimum absolute atomic E-state index is 0.256. The van der Waals surface area contributed by atoms with E-state index >= 15 is 0 Å². The highest BCUT2D eigenvalue weighted by atomic mass is 32.2. The fraction of sp³-hybridized carbons (Fsp3) is 0.778. The molecule has 0 radical (unpaired) electrons. The quantitative estimate of drug-likeness (QED) is 0.697. The van der Waals surface area contributed by atoms with E-state index in [1.54, 1.807) is 6.07 Å². The number of amides is 1. The van der Waals surface area contributed by atoms with Crippen LogP contribution in [0.1, 0.15) is 20.3 Å². The van der Waals surface area contributed by atoms with Gasteiger partial charge in [-0.1, -0.05) is 6.92 Å². The molecule has 0 fully saturated rings. The lowest BCUT2D eigenvalue weighted by Gasteiger charge is -2.17. The van der Waals surface area contributed by atoms with Crippen molar-refractivity contribution in [3.8, 4) is 6.07 Å². The summed E-state index contributed by atoms with van der Waals surface area (Å²) in [7, 11) is -2.41. The summed E-state index contributed by atoms with van der Waals surface area (Å²) in [5, 5.41) is 9.96. The fourth-order valence-corrected chi connectivity index (χ4v) is 1.92. The third kappa shape index (κ3) is 4.16. The molecular formula is C9H17N3O3S. The van der Waals surface area contributed by atoms with Gasteiger partial charge < -0.3 is 5.32 Å². The number of rotatable bonds is 6. The van der Waals surface area contributed by atoms with Gasteiger partial charge in [-0.15, -0.1) is 0 Å². The Morgan fingerprint density at radius 3 is 2.56 bits per heavy atom. The van der Waals surface area contributed by atoms with Gasteiger partial charge in [0.25, 0.3) is 0 Å². The number of nitrogens with zero attached hydrogens (tertiary/aromatic N) is 2. The number of carbonyl (C=O) groups excluding carboxylic acids is 1. The zero-order valence-electron chi connectivity index (χ0n) is 9.73. The molecular weight excluding hydrogens is 230 g/mol. The molecule has 0 heterocycles. The Kier molecular flexibility index (Phi) is 6.00. The summed E-state index contributed by atoms with van der Waals surface area (Å²) >= 11 is 0. The van der Waals surface area contributed by atoms with Crippen molar-refractivity contribution >= 4 is 15.9 Å². The minimum atomic E-state index is -3.70. The van der Waals surface area contributed by atoms with Crippen LogP contribution in [-0.4, -0.2) is 44.0 Å². The maximum absolute atomic E-state index is 11.6. The highest BCUT2D eigenvalue weighted by Gasteiger charge is 2.26. The normalized spacial score (nSPS) is 13.2. The monoisotopic (exact) mass is 247 g/mol. The van der Waals surface area contributed by atoms with E-state index in [2.05, 4.69) is 5.32 Å². The SMILES string of the molecule is CCCNC(=O)CN(C)S(=O)(=O)C(C)C#N. The van der Waals surface area contributed by atoms with Crippen LogP contribution in [0.2, 0.25) is 0 Å². The molecule has 7 heteroatoms. The van der Waals surface area contributed by atoms with Crippen LogP contribution in [-0.2, 0) is 14.8 Å². The van der Waals surface area contributed by atoms with Crippen molar-refractivity contribution in [3.63, 3.8) is 0 Å². The van der Waals surface area contributed by atoms with E-state index in [9.17, 15) is 13.2 Å². The van der Waals surface area contributed by atoms with E-state index in [0.29, 0.717) is 6.54 Å². The molecule has 0 aliphatic rings. The molecule has 0 saturated carbocycles. The van der Waals surface area contributed by atoms with Crippen LogP contribution >= 0.6 is 0 Å². The lowest BCUT2D eigenvalue weighted by Crippen LogP contribution is -2.41. The number of carbonyl (C=O) groups is 1. The number of hydrogen-bond donors (Lipinski definition) is 1. The summed E-state index contributed by atoms with van der Waals surface area (Å²) < 4.78 is 24.1. The molecule has 0 spiro atoms. The smallest absolute Gasteiger partial charge is 0.235 e. The van der Waals surface area contributed by atoms with Crippen molar-refractivity contribution in [3.05, 3.63) is 0 Å². The fourth-order valence-electron chi connectivity index (χ4n) is 0.949. The minimum Gasteiger partial charge on any atom is -0.355 e. The highest BCUT2D eigenvalue weighted by Crippen LogP contribution is 2.05. The highest BCUT2D eigenvalue weighted by molar-refractivity contribution is 7.89. The molecule has 1 atom stereocenters. The Hall–Kier alpha value is -1.13. The Labute approximate surface area is 96.3 Å². The van der Waals surface area contributed by atoms with Gasteiger partial charge in [0.05, 0.1) is 12.6 Å². The molecule has 0 aromatic rings. The first-order chi connectivity index (χ1) is 7.36. The lowest BCUT2D eigenvalue weighted by molar-refractivity contribution is -0.121. The molecule has 1 amide bonds. The van der Waals surface area contributed by atoms with Gasteiger partial charge in [0.1, 0.15) is 0 Å². The van der Waals surface area contributed by atoms with Crippen molar-refractivity contribution in [1.29, 1.82) is 5.26 Å². The van der Waals surface area contributed by atoms with E-state index in [4.69, 9.17) is 5.26 Å². The second-order valence-corrected chi connectivity index (χ2v) is 5.78. The third-order valence-corrected chi connectivity index (χ3v) is 4.00. The van der Waals surface area contributed by atoms with Gasteiger partial charge in [-0.3, -0.25) is 4.79 Å². The van der Waals surface area contributed by atoms with E-state index in [-0.39, 0.29) is 12.5 Å². The van der Waals surface area contributed by atoms with Gasteiger partial charge in [-0.2, -0.15) is 9.57 Å². The van der Waals surface area contributed by atoms with Crippen LogP contribution in [0.3, 0.4) is 0 Å². The Morgan fingerprint density at radius 2 is 2.12 bits per heavy atom. The maximum Gasteiger partial charge on any atom is 0.235 e. The zero-order valence-corrected chi connectivity index (χ0v) is 10.5. The van der Waals surface area contributed by atoms with E-state index < -0.39 is 15.3 Å². The molecule has 6 nitrogen and oxygen atoms in total. The molecule has 1 unspecified atom stereocenters. The number of nitriles is 1. The predicted octanol–water partition coefficient (Wildman–Crippen LogP) is -0.314. The first kappa shape index (κ1) is 14.9. The zero-order chi connectivity index (χ0) is 12.8. The molecule has 92 valence electrons.